The average molecular weight is 299 g/mol. The van der Waals surface area contributed by atoms with E-state index in [1.807, 2.05) is 0 Å². The third kappa shape index (κ3) is 3.97. The molecule has 0 heterocycles. The molecule has 7 heteroatoms. The molecule has 0 fully saturated rings. The predicted molar refractivity (Wildman–Crippen MR) is 80.2 cm³/mol. The fourth-order valence-electron chi connectivity index (χ4n) is 1.74. The van der Waals surface area contributed by atoms with Crippen molar-refractivity contribution in [3.8, 4) is 0 Å². The van der Waals surface area contributed by atoms with Crippen LogP contribution in [0.15, 0.2) is 59.7 Å². The van der Waals surface area contributed by atoms with Gasteiger partial charge in [-0.3, -0.25) is 14.9 Å². The number of non-ortho nitro benzene ring substituents is 1. The Labute approximate surface area is 126 Å². The van der Waals surface area contributed by atoms with E-state index >= 15 is 0 Å². The molecule has 2 aromatic rings. The van der Waals surface area contributed by atoms with Crippen LogP contribution in [-0.4, -0.2) is 22.2 Å². The highest BCUT2D eigenvalue weighted by molar-refractivity contribution is 5.85. The number of carbonyl (C=O) groups is 1. The lowest BCUT2D eigenvalue weighted by Gasteiger charge is -2.08. The zero-order valence-electron chi connectivity index (χ0n) is 11.4. The van der Waals surface area contributed by atoms with Crippen molar-refractivity contribution in [3.05, 3.63) is 75.8 Å². The molecular formula is C15H13N3O4. The zero-order chi connectivity index (χ0) is 15.9. The second-order valence-electron chi connectivity index (χ2n) is 4.40. The van der Waals surface area contributed by atoms with Gasteiger partial charge >= 0.3 is 0 Å². The van der Waals surface area contributed by atoms with Crippen molar-refractivity contribution in [2.75, 3.05) is 0 Å². The summed E-state index contributed by atoms with van der Waals surface area (Å²) < 4.78 is 0. The van der Waals surface area contributed by atoms with Gasteiger partial charge in [-0.25, -0.2) is 5.43 Å². The Morgan fingerprint density at radius 1 is 1.23 bits per heavy atom. The van der Waals surface area contributed by atoms with Crippen LogP contribution in [0, 0.1) is 10.1 Å². The molecule has 0 aromatic heterocycles. The minimum Gasteiger partial charge on any atom is -0.378 e. The quantitative estimate of drug-likeness (QED) is 0.498. The summed E-state index contributed by atoms with van der Waals surface area (Å²) in [4.78, 5) is 21.8. The van der Waals surface area contributed by atoms with Gasteiger partial charge in [-0.2, -0.15) is 5.10 Å². The van der Waals surface area contributed by atoms with Gasteiger partial charge in [0.2, 0.25) is 0 Å². The van der Waals surface area contributed by atoms with Gasteiger partial charge in [0.15, 0.2) is 6.10 Å². The molecule has 0 spiro atoms. The SMILES string of the molecule is O=C(N/N=C\c1cccc([N+](=O)[O-])c1)[C@@H](O)c1ccccc1. The third-order valence-corrected chi connectivity index (χ3v) is 2.83. The van der Waals surface area contributed by atoms with Gasteiger partial charge in [-0.05, 0) is 5.56 Å². The molecule has 2 rings (SSSR count). The number of amides is 1. The van der Waals surface area contributed by atoms with Gasteiger partial charge in [0.25, 0.3) is 11.6 Å². The molecule has 22 heavy (non-hydrogen) atoms. The second-order valence-corrected chi connectivity index (χ2v) is 4.40. The first-order valence-corrected chi connectivity index (χ1v) is 6.38. The second kappa shape index (κ2) is 7.09. The molecule has 0 saturated heterocycles. The smallest absolute Gasteiger partial charge is 0.273 e. The Bertz CT molecular complexity index is 701. The number of nitro groups is 1. The summed E-state index contributed by atoms with van der Waals surface area (Å²) >= 11 is 0. The van der Waals surface area contributed by atoms with Crippen LogP contribution in [0.2, 0.25) is 0 Å². The van der Waals surface area contributed by atoms with Crippen LogP contribution in [0.4, 0.5) is 5.69 Å². The summed E-state index contributed by atoms with van der Waals surface area (Å²) in [5.74, 6) is -0.687. The van der Waals surface area contributed by atoms with Crippen molar-refractivity contribution in [1.29, 1.82) is 0 Å². The number of nitro benzene ring substituents is 1. The number of carbonyl (C=O) groups excluding carboxylic acids is 1. The maximum atomic E-state index is 11.7. The Morgan fingerprint density at radius 3 is 2.64 bits per heavy atom. The van der Waals surface area contributed by atoms with Crippen LogP contribution >= 0.6 is 0 Å². The lowest BCUT2D eigenvalue weighted by atomic mass is 10.1. The molecular weight excluding hydrogens is 286 g/mol. The van der Waals surface area contributed by atoms with E-state index in [2.05, 4.69) is 10.5 Å². The minimum atomic E-state index is -1.33. The fourth-order valence-corrected chi connectivity index (χ4v) is 1.74. The van der Waals surface area contributed by atoms with Gasteiger partial charge in [0.05, 0.1) is 11.1 Å². The van der Waals surface area contributed by atoms with E-state index < -0.39 is 16.9 Å². The third-order valence-electron chi connectivity index (χ3n) is 2.83. The van der Waals surface area contributed by atoms with Crippen molar-refractivity contribution >= 4 is 17.8 Å². The summed E-state index contributed by atoms with van der Waals surface area (Å²) in [6.45, 7) is 0. The van der Waals surface area contributed by atoms with Crippen LogP contribution < -0.4 is 5.43 Å². The van der Waals surface area contributed by atoms with E-state index in [0.29, 0.717) is 11.1 Å². The highest BCUT2D eigenvalue weighted by Gasteiger charge is 2.15. The van der Waals surface area contributed by atoms with E-state index in [1.165, 1.54) is 24.4 Å². The predicted octanol–water partition coefficient (Wildman–Crippen LogP) is 1.78. The Morgan fingerprint density at radius 2 is 1.95 bits per heavy atom. The van der Waals surface area contributed by atoms with E-state index in [4.69, 9.17) is 0 Å². The molecule has 1 atom stereocenters. The number of hydrogen-bond donors (Lipinski definition) is 2. The van der Waals surface area contributed by atoms with Crippen LogP contribution in [-0.2, 0) is 4.79 Å². The molecule has 0 saturated carbocycles. The maximum absolute atomic E-state index is 11.7. The number of aliphatic hydroxyl groups excluding tert-OH is 1. The topological polar surface area (TPSA) is 105 Å². The van der Waals surface area contributed by atoms with Crippen molar-refractivity contribution in [1.82, 2.24) is 5.43 Å². The number of nitrogens with one attached hydrogen (secondary N) is 1. The number of benzene rings is 2. The molecule has 112 valence electrons. The first-order valence-electron chi connectivity index (χ1n) is 6.38. The fraction of sp³-hybridized carbons (Fsp3) is 0.0667. The first-order chi connectivity index (χ1) is 10.6. The Balaban J connectivity index is 1.99. The molecule has 2 aromatic carbocycles. The van der Waals surface area contributed by atoms with Gasteiger partial charge in [-0.1, -0.05) is 42.5 Å². The Kier molecular flexibility index (Phi) is 4.94. The molecule has 0 unspecified atom stereocenters. The standard InChI is InChI=1S/C15H13N3O4/c19-14(12-6-2-1-3-7-12)15(20)17-16-10-11-5-4-8-13(9-11)18(21)22/h1-10,14,19H,(H,17,20)/b16-10-/t14-/m0/s1. The molecule has 2 N–H and O–H groups in total. The minimum absolute atomic E-state index is 0.0698. The van der Waals surface area contributed by atoms with Crippen LogP contribution in [0.1, 0.15) is 17.2 Å². The number of hydrazone groups is 1. The molecule has 0 aliphatic rings. The van der Waals surface area contributed by atoms with Crippen LogP contribution in [0.3, 0.4) is 0 Å². The largest absolute Gasteiger partial charge is 0.378 e. The summed E-state index contributed by atoms with van der Waals surface area (Å²) in [6, 6.07) is 14.2. The monoisotopic (exact) mass is 299 g/mol. The summed E-state index contributed by atoms with van der Waals surface area (Å²) in [6.07, 6.45) is -0.0636. The molecule has 0 radical (unpaired) electrons. The Hall–Kier alpha value is -3.06. The highest BCUT2D eigenvalue weighted by atomic mass is 16.6. The zero-order valence-corrected chi connectivity index (χ0v) is 11.4. The lowest BCUT2D eigenvalue weighted by molar-refractivity contribution is -0.384. The number of rotatable bonds is 5. The van der Waals surface area contributed by atoms with Gasteiger partial charge in [-0.15, -0.1) is 0 Å². The van der Waals surface area contributed by atoms with E-state index in [1.54, 1.807) is 36.4 Å². The molecule has 0 aliphatic heterocycles. The van der Waals surface area contributed by atoms with Gasteiger partial charge in [0, 0.05) is 17.7 Å². The normalized spacial score (nSPS) is 12.0. The van der Waals surface area contributed by atoms with Crippen LogP contribution in [0.5, 0.6) is 0 Å². The molecule has 1 amide bonds. The van der Waals surface area contributed by atoms with E-state index in [-0.39, 0.29) is 5.69 Å². The van der Waals surface area contributed by atoms with Crippen molar-refractivity contribution in [2.24, 2.45) is 5.10 Å². The number of nitrogens with zero attached hydrogens (tertiary/aromatic N) is 2. The average Bonchev–Trinajstić information content (AvgIpc) is 2.55. The lowest BCUT2D eigenvalue weighted by Crippen LogP contribution is -2.25. The van der Waals surface area contributed by atoms with Gasteiger partial charge < -0.3 is 5.11 Å². The maximum Gasteiger partial charge on any atom is 0.273 e. The molecule has 7 nitrogen and oxygen atoms in total. The molecule has 0 aliphatic carbocycles. The highest BCUT2D eigenvalue weighted by Crippen LogP contribution is 2.12. The van der Waals surface area contributed by atoms with Crippen LogP contribution in [0.25, 0.3) is 0 Å². The number of aliphatic hydroxyl groups is 1. The van der Waals surface area contributed by atoms with Crippen molar-refractivity contribution in [2.45, 2.75) is 6.10 Å². The first kappa shape index (κ1) is 15.3. The number of hydrogen-bond acceptors (Lipinski definition) is 5. The van der Waals surface area contributed by atoms with E-state index in [0.717, 1.165) is 0 Å². The van der Waals surface area contributed by atoms with Gasteiger partial charge in [0.1, 0.15) is 0 Å². The molecule has 0 bridgehead atoms. The van der Waals surface area contributed by atoms with E-state index in [9.17, 15) is 20.0 Å². The summed E-state index contributed by atoms with van der Waals surface area (Å²) in [7, 11) is 0. The van der Waals surface area contributed by atoms with Crippen molar-refractivity contribution in [3.63, 3.8) is 0 Å². The van der Waals surface area contributed by atoms with Crippen molar-refractivity contribution < 1.29 is 14.8 Å². The summed E-state index contributed by atoms with van der Waals surface area (Å²) in [5, 5.41) is 24.1. The summed E-state index contributed by atoms with van der Waals surface area (Å²) in [5.41, 5.74) is 3.03.